The van der Waals surface area contributed by atoms with Crippen molar-refractivity contribution in [3.63, 3.8) is 0 Å². The zero-order chi connectivity index (χ0) is 25.2. The lowest BCUT2D eigenvalue weighted by atomic mass is 9.95. The number of rotatable bonds is 14. The van der Waals surface area contributed by atoms with E-state index in [4.69, 9.17) is 10.8 Å². The SMILES string of the molecule is CC[C@H](C)[C@H](NC(=O)[C@@H](NC(=O)[C@@H](N)C(C)C)C(C)C)C(=O)N[C@@H](CCC(=O)O)C(=O)O. The average molecular weight is 459 g/mol. The Hall–Kier alpha value is -2.69. The molecule has 32 heavy (non-hydrogen) atoms. The third-order valence-electron chi connectivity index (χ3n) is 5.32. The fraction of sp³-hybridized carbons (Fsp3) is 0.762. The van der Waals surface area contributed by atoms with Crippen LogP contribution in [0.2, 0.25) is 0 Å². The number of hydrogen-bond donors (Lipinski definition) is 6. The molecule has 11 heteroatoms. The van der Waals surface area contributed by atoms with Crippen LogP contribution < -0.4 is 21.7 Å². The summed E-state index contributed by atoms with van der Waals surface area (Å²) in [7, 11) is 0. The summed E-state index contributed by atoms with van der Waals surface area (Å²) in [5.41, 5.74) is 5.86. The monoisotopic (exact) mass is 458 g/mol. The average Bonchev–Trinajstić information content (AvgIpc) is 2.70. The van der Waals surface area contributed by atoms with Crippen molar-refractivity contribution < 1.29 is 34.2 Å². The van der Waals surface area contributed by atoms with Gasteiger partial charge in [0.15, 0.2) is 0 Å². The highest BCUT2D eigenvalue weighted by Gasteiger charge is 2.34. The lowest BCUT2D eigenvalue weighted by Gasteiger charge is -2.29. The van der Waals surface area contributed by atoms with E-state index >= 15 is 0 Å². The molecule has 0 bridgehead atoms. The minimum absolute atomic E-state index is 0.136. The number of nitrogens with two attached hydrogens (primary N) is 1. The predicted molar refractivity (Wildman–Crippen MR) is 117 cm³/mol. The number of amides is 3. The molecule has 0 aromatic heterocycles. The molecule has 0 aliphatic carbocycles. The van der Waals surface area contributed by atoms with Crippen LogP contribution in [0.4, 0.5) is 0 Å². The van der Waals surface area contributed by atoms with Crippen LogP contribution in [0, 0.1) is 17.8 Å². The number of carboxylic acid groups (broad SMARTS) is 2. The molecule has 3 amide bonds. The Morgan fingerprint density at radius 1 is 0.781 bits per heavy atom. The van der Waals surface area contributed by atoms with Crippen molar-refractivity contribution >= 4 is 29.7 Å². The van der Waals surface area contributed by atoms with Crippen molar-refractivity contribution in [3.8, 4) is 0 Å². The quantitative estimate of drug-likeness (QED) is 0.211. The van der Waals surface area contributed by atoms with Crippen LogP contribution in [-0.2, 0) is 24.0 Å². The number of carboxylic acids is 2. The van der Waals surface area contributed by atoms with Gasteiger partial charge in [-0.05, 0) is 24.2 Å². The van der Waals surface area contributed by atoms with Crippen molar-refractivity contribution in [3.05, 3.63) is 0 Å². The molecule has 0 aromatic carbocycles. The summed E-state index contributed by atoms with van der Waals surface area (Å²) in [6.45, 7) is 10.5. The van der Waals surface area contributed by atoms with Gasteiger partial charge in [0.2, 0.25) is 17.7 Å². The molecule has 5 atom stereocenters. The zero-order valence-electron chi connectivity index (χ0n) is 19.7. The molecule has 0 heterocycles. The van der Waals surface area contributed by atoms with Crippen LogP contribution in [-0.4, -0.2) is 64.0 Å². The molecule has 7 N–H and O–H groups in total. The van der Waals surface area contributed by atoms with E-state index < -0.39 is 60.2 Å². The van der Waals surface area contributed by atoms with E-state index in [1.165, 1.54) is 0 Å². The Bertz CT molecular complexity index is 681. The summed E-state index contributed by atoms with van der Waals surface area (Å²) in [4.78, 5) is 60.3. The maximum atomic E-state index is 12.9. The van der Waals surface area contributed by atoms with Gasteiger partial charge in [-0.2, -0.15) is 0 Å². The predicted octanol–water partition coefficient (Wildman–Crippen LogP) is 0.0756. The number of aliphatic carboxylic acids is 2. The van der Waals surface area contributed by atoms with Crippen LogP contribution in [0.1, 0.15) is 60.8 Å². The van der Waals surface area contributed by atoms with Gasteiger partial charge in [-0.3, -0.25) is 19.2 Å². The van der Waals surface area contributed by atoms with Gasteiger partial charge in [0.05, 0.1) is 6.04 Å². The van der Waals surface area contributed by atoms with Gasteiger partial charge in [0.25, 0.3) is 0 Å². The second-order valence-corrected chi connectivity index (χ2v) is 8.70. The van der Waals surface area contributed by atoms with Crippen LogP contribution in [0.5, 0.6) is 0 Å². The van der Waals surface area contributed by atoms with Gasteiger partial charge < -0.3 is 31.9 Å². The van der Waals surface area contributed by atoms with Crippen molar-refractivity contribution in [1.82, 2.24) is 16.0 Å². The van der Waals surface area contributed by atoms with E-state index in [1.54, 1.807) is 41.5 Å². The minimum Gasteiger partial charge on any atom is -0.481 e. The van der Waals surface area contributed by atoms with Crippen molar-refractivity contribution in [2.75, 3.05) is 0 Å². The number of carbonyl (C=O) groups excluding carboxylic acids is 3. The number of hydrogen-bond acceptors (Lipinski definition) is 6. The standard InChI is InChI=1S/C21H38N4O7/c1-7-12(6)17(20(30)23-13(21(31)32)8-9-14(26)27)25-19(29)16(11(4)5)24-18(28)15(22)10(2)3/h10-13,15-17H,7-9,22H2,1-6H3,(H,23,30)(H,24,28)(H,25,29)(H,26,27)(H,31,32)/t12-,13-,15-,16-,17-/m0/s1. The molecule has 0 saturated carbocycles. The van der Waals surface area contributed by atoms with Crippen LogP contribution in [0.3, 0.4) is 0 Å². The highest BCUT2D eigenvalue weighted by atomic mass is 16.4. The lowest BCUT2D eigenvalue weighted by Crippen LogP contribution is -2.60. The Morgan fingerprint density at radius 3 is 1.69 bits per heavy atom. The fourth-order valence-electron chi connectivity index (χ4n) is 2.82. The molecule has 184 valence electrons. The number of carbonyl (C=O) groups is 5. The van der Waals surface area contributed by atoms with E-state index in [2.05, 4.69) is 16.0 Å². The van der Waals surface area contributed by atoms with E-state index in [-0.39, 0.29) is 24.2 Å². The zero-order valence-corrected chi connectivity index (χ0v) is 19.7. The highest BCUT2D eigenvalue weighted by Crippen LogP contribution is 2.12. The van der Waals surface area contributed by atoms with E-state index in [0.717, 1.165) is 0 Å². The molecule has 0 aliphatic rings. The normalized spacial score (nSPS) is 15.9. The molecule has 0 spiro atoms. The first-order valence-corrected chi connectivity index (χ1v) is 10.8. The van der Waals surface area contributed by atoms with Gasteiger partial charge in [0.1, 0.15) is 18.1 Å². The van der Waals surface area contributed by atoms with E-state index in [0.29, 0.717) is 6.42 Å². The molecule has 0 fully saturated rings. The molecular formula is C21H38N4O7. The largest absolute Gasteiger partial charge is 0.481 e. The maximum Gasteiger partial charge on any atom is 0.326 e. The number of nitrogens with one attached hydrogen (secondary N) is 3. The molecular weight excluding hydrogens is 420 g/mol. The van der Waals surface area contributed by atoms with Crippen molar-refractivity contribution in [1.29, 1.82) is 0 Å². The summed E-state index contributed by atoms with van der Waals surface area (Å²) in [5.74, 6) is -5.17. The van der Waals surface area contributed by atoms with Crippen LogP contribution in [0.25, 0.3) is 0 Å². The minimum atomic E-state index is -1.41. The summed E-state index contributed by atoms with van der Waals surface area (Å²) >= 11 is 0. The molecule has 0 unspecified atom stereocenters. The Kier molecular flexibility index (Phi) is 12.5. The Morgan fingerprint density at radius 2 is 1.28 bits per heavy atom. The Labute approximate surface area is 188 Å². The van der Waals surface area contributed by atoms with Gasteiger partial charge in [0, 0.05) is 6.42 Å². The van der Waals surface area contributed by atoms with Crippen molar-refractivity contribution in [2.24, 2.45) is 23.5 Å². The first-order valence-electron chi connectivity index (χ1n) is 10.8. The van der Waals surface area contributed by atoms with Gasteiger partial charge in [-0.1, -0.05) is 48.0 Å². The third-order valence-corrected chi connectivity index (χ3v) is 5.32. The van der Waals surface area contributed by atoms with Gasteiger partial charge in [-0.25, -0.2) is 4.79 Å². The smallest absolute Gasteiger partial charge is 0.326 e. The molecule has 0 aromatic rings. The summed E-state index contributed by atoms with van der Waals surface area (Å²) in [6.07, 6.45) is -0.229. The molecule has 0 rings (SSSR count). The molecule has 0 aliphatic heterocycles. The summed E-state index contributed by atoms with van der Waals surface area (Å²) < 4.78 is 0. The van der Waals surface area contributed by atoms with Crippen molar-refractivity contribution in [2.45, 2.75) is 85.0 Å². The summed E-state index contributed by atoms with van der Waals surface area (Å²) in [6, 6.07) is -4.24. The van der Waals surface area contributed by atoms with E-state index in [9.17, 15) is 29.1 Å². The first kappa shape index (κ1) is 29.3. The fourth-order valence-corrected chi connectivity index (χ4v) is 2.82. The lowest BCUT2D eigenvalue weighted by molar-refractivity contribution is -0.143. The molecule has 0 radical (unpaired) electrons. The molecule has 11 nitrogen and oxygen atoms in total. The van der Waals surface area contributed by atoms with Crippen LogP contribution in [0.15, 0.2) is 0 Å². The molecule has 0 saturated heterocycles. The summed E-state index contributed by atoms with van der Waals surface area (Å²) in [5, 5.41) is 25.6. The third kappa shape index (κ3) is 9.63. The second kappa shape index (κ2) is 13.7. The van der Waals surface area contributed by atoms with Gasteiger partial charge in [-0.15, -0.1) is 0 Å². The first-order chi connectivity index (χ1) is 14.7. The topological polar surface area (TPSA) is 188 Å². The Balaban J connectivity index is 5.50. The van der Waals surface area contributed by atoms with Crippen LogP contribution >= 0.6 is 0 Å². The van der Waals surface area contributed by atoms with Gasteiger partial charge >= 0.3 is 11.9 Å². The van der Waals surface area contributed by atoms with E-state index in [1.807, 2.05) is 0 Å². The second-order valence-electron chi connectivity index (χ2n) is 8.70. The highest BCUT2D eigenvalue weighted by molar-refractivity contribution is 5.94. The maximum absolute atomic E-state index is 12.9.